The van der Waals surface area contributed by atoms with Crippen molar-refractivity contribution in [2.45, 2.75) is 0 Å². The van der Waals surface area contributed by atoms with Crippen molar-refractivity contribution >= 4 is 34.9 Å². The number of nitrogens with one attached hydrogen (secondary N) is 1. The monoisotopic (exact) mass is 331 g/mol. The van der Waals surface area contributed by atoms with Gasteiger partial charge in [-0.05, 0) is 42.0 Å². The summed E-state index contributed by atoms with van der Waals surface area (Å²) in [6.07, 6.45) is 1.80. The summed E-state index contributed by atoms with van der Waals surface area (Å²) < 4.78 is 0. The third-order valence-electron chi connectivity index (χ3n) is 3.34. The number of benzene rings is 3. The Hall–Kier alpha value is -2.98. The fraction of sp³-hybridized carbons (Fsp3) is 0. The molecule has 118 valence electrons. The first kappa shape index (κ1) is 15.9. The lowest BCUT2D eigenvalue weighted by Crippen LogP contribution is -2.30. The molecule has 0 spiro atoms. The molecule has 0 saturated carbocycles. The van der Waals surface area contributed by atoms with E-state index in [1.165, 1.54) is 0 Å². The van der Waals surface area contributed by atoms with Crippen LogP contribution in [0.2, 0.25) is 0 Å². The van der Waals surface area contributed by atoms with Crippen molar-refractivity contribution in [3.8, 4) is 0 Å². The second-order valence-corrected chi connectivity index (χ2v) is 5.49. The van der Waals surface area contributed by atoms with Gasteiger partial charge in [0.15, 0.2) is 5.11 Å². The van der Waals surface area contributed by atoms with Gasteiger partial charge in [0.2, 0.25) is 0 Å². The Morgan fingerprint density at radius 3 is 1.96 bits per heavy atom. The van der Waals surface area contributed by atoms with Crippen LogP contribution in [-0.2, 0) is 0 Å². The lowest BCUT2D eigenvalue weighted by Gasteiger charge is -2.20. The Labute approximate surface area is 147 Å². The fourth-order valence-electron chi connectivity index (χ4n) is 2.17. The van der Waals surface area contributed by atoms with E-state index in [1.807, 2.05) is 91.0 Å². The van der Waals surface area contributed by atoms with Crippen LogP contribution in [0.3, 0.4) is 0 Å². The van der Waals surface area contributed by atoms with Crippen molar-refractivity contribution < 1.29 is 0 Å². The van der Waals surface area contributed by atoms with E-state index in [4.69, 9.17) is 12.2 Å². The van der Waals surface area contributed by atoms with Gasteiger partial charge < -0.3 is 5.32 Å². The minimum Gasteiger partial charge on any atom is -0.331 e. The van der Waals surface area contributed by atoms with Gasteiger partial charge in [-0.2, -0.15) is 5.10 Å². The minimum atomic E-state index is 0.514. The first-order chi connectivity index (χ1) is 11.8. The molecule has 3 aromatic rings. The normalized spacial score (nSPS) is 10.5. The maximum absolute atomic E-state index is 5.56. The van der Waals surface area contributed by atoms with Crippen molar-refractivity contribution in [2.75, 3.05) is 10.3 Å². The van der Waals surface area contributed by atoms with Crippen LogP contribution in [0, 0.1) is 0 Å². The molecule has 0 radical (unpaired) electrons. The standard InChI is InChI=1S/C20H17N3S/c24-20(22-18-12-6-2-7-13-18)23(19-14-8-3-9-15-19)21-16-17-10-4-1-5-11-17/h1-16H,(H,22,24)/b21-16-. The lowest BCUT2D eigenvalue weighted by atomic mass is 10.2. The number of anilines is 2. The van der Waals surface area contributed by atoms with Gasteiger partial charge >= 0.3 is 0 Å². The number of hydrazone groups is 1. The lowest BCUT2D eigenvalue weighted by molar-refractivity contribution is 1.15. The zero-order valence-electron chi connectivity index (χ0n) is 13.0. The Morgan fingerprint density at radius 1 is 0.792 bits per heavy atom. The number of para-hydroxylation sites is 2. The van der Waals surface area contributed by atoms with Gasteiger partial charge in [-0.3, -0.25) is 0 Å². The molecule has 0 aromatic heterocycles. The maximum Gasteiger partial charge on any atom is 0.198 e. The highest BCUT2D eigenvalue weighted by Gasteiger charge is 2.10. The minimum absolute atomic E-state index is 0.514. The predicted octanol–water partition coefficient (Wildman–Crippen LogP) is 4.92. The quantitative estimate of drug-likeness (QED) is 0.417. The van der Waals surface area contributed by atoms with Crippen LogP contribution in [0.15, 0.2) is 96.1 Å². The van der Waals surface area contributed by atoms with E-state index in [2.05, 4.69) is 10.4 Å². The van der Waals surface area contributed by atoms with Crippen molar-refractivity contribution in [2.24, 2.45) is 5.10 Å². The number of rotatable bonds is 4. The molecule has 0 aliphatic heterocycles. The molecule has 0 heterocycles. The highest BCUT2D eigenvalue weighted by atomic mass is 32.1. The molecule has 1 N–H and O–H groups in total. The zero-order valence-corrected chi connectivity index (χ0v) is 13.9. The van der Waals surface area contributed by atoms with Gasteiger partial charge in [0, 0.05) is 5.69 Å². The summed E-state index contributed by atoms with van der Waals surface area (Å²) in [5.74, 6) is 0. The molecule has 0 unspecified atom stereocenters. The molecule has 0 bridgehead atoms. The third-order valence-corrected chi connectivity index (χ3v) is 3.62. The summed E-state index contributed by atoms with van der Waals surface area (Å²) in [6.45, 7) is 0. The SMILES string of the molecule is S=C(Nc1ccccc1)N(/N=C\c1ccccc1)c1ccccc1. The summed E-state index contributed by atoms with van der Waals surface area (Å²) >= 11 is 5.56. The van der Waals surface area contributed by atoms with Crippen molar-refractivity contribution in [1.29, 1.82) is 0 Å². The van der Waals surface area contributed by atoms with E-state index in [0.29, 0.717) is 5.11 Å². The van der Waals surface area contributed by atoms with E-state index < -0.39 is 0 Å². The molecule has 0 atom stereocenters. The Balaban J connectivity index is 1.85. The Kier molecular flexibility index (Phi) is 5.32. The third kappa shape index (κ3) is 4.27. The first-order valence-corrected chi connectivity index (χ1v) is 8.04. The molecule has 0 saturated heterocycles. The topological polar surface area (TPSA) is 27.6 Å². The molecular formula is C20H17N3S. The molecule has 0 aliphatic carbocycles. The molecule has 0 fully saturated rings. The zero-order chi connectivity index (χ0) is 16.6. The Morgan fingerprint density at radius 2 is 1.33 bits per heavy atom. The number of hydrogen-bond acceptors (Lipinski definition) is 2. The average Bonchev–Trinajstić information content (AvgIpc) is 2.64. The van der Waals surface area contributed by atoms with Gasteiger partial charge in [0.1, 0.15) is 0 Å². The highest BCUT2D eigenvalue weighted by molar-refractivity contribution is 7.80. The largest absolute Gasteiger partial charge is 0.331 e. The van der Waals surface area contributed by atoms with Crippen LogP contribution < -0.4 is 10.3 Å². The van der Waals surface area contributed by atoms with E-state index >= 15 is 0 Å². The van der Waals surface area contributed by atoms with Gasteiger partial charge in [-0.15, -0.1) is 0 Å². The fourth-order valence-corrected chi connectivity index (χ4v) is 2.44. The van der Waals surface area contributed by atoms with Gasteiger partial charge in [0.25, 0.3) is 0 Å². The second kappa shape index (κ2) is 8.04. The first-order valence-electron chi connectivity index (χ1n) is 7.63. The molecule has 24 heavy (non-hydrogen) atoms. The molecule has 3 rings (SSSR count). The smallest absolute Gasteiger partial charge is 0.198 e. The summed E-state index contributed by atoms with van der Waals surface area (Å²) in [6, 6.07) is 29.6. The summed E-state index contributed by atoms with van der Waals surface area (Å²) in [4.78, 5) is 0. The van der Waals surface area contributed by atoms with E-state index in [1.54, 1.807) is 11.2 Å². The molecule has 0 amide bonds. The number of nitrogens with zero attached hydrogens (tertiary/aromatic N) is 2. The summed E-state index contributed by atoms with van der Waals surface area (Å²) in [7, 11) is 0. The molecular weight excluding hydrogens is 314 g/mol. The highest BCUT2D eigenvalue weighted by Crippen LogP contribution is 2.16. The van der Waals surface area contributed by atoms with Crippen LogP contribution in [0.4, 0.5) is 11.4 Å². The van der Waals surface area contributed by atoms with Crippen LogP contribution >= 0.6 is 12.2 Å². The average molecular weight is 331 g/mol. The van der Waals surface area contributed by atoms with Crippen LogP contribution in [-0.4, -0.2) is 11.3 Å². The van der Waals surface area contributed by atoms with Crippen LogP contribution in [0.1, 0.15) is 5.56 Å². The number of thiocarbonyl (C=S) groups is 1. The van der Waals surface area contributed by atoms with Crippen molar-refractivity contribution in [3.05, 3.63) is 96.6 Å². The molecule has 3 aromatic carbocycles. The van der Waals surface area contributed by atoms with Crippen LogP contribution in [0.5, 0.6) is 0 Å². The summed E-state index contributed by atoms with van der Waals surface area (Å²) in [5, 5.41) is 10.0. The number of hydrogen-bond donors (Lipinski definition) is 1. The predicted molar refractivity (Wildman–Crippen MR) is 106 cm³/mol. The molecule has 3 nitrogen and oxygen atoms in total. The van der Waals surface area contributed by atoms with Crippen molar-refractivity contribution in [3.63, 3.8) is 0 Å². The van der Waals surface area contributed by atoms with Gasteiger partial charge in [-0.1, -0.05) is 66.7 Å². The van der Waals surface area contributed by atoms with E-state index in [0.717, 1.165) is 16.9 Å². The van der Waals surface area contributed by atoms with Crippen molar-refractivity contribution in [1.82, 2.24) is 0 Å². The van der Waals surface area contributed by atoms with Crippen LogP contribution in [0.25, 0.3) is 0 Å². The summed E-state index contributed by atoms with van der Waals surface area (Å²) in [5.41, 5.74) is 2.84. The van der Waals surface area contributed by atoms with Gasteiger partial charge in [0.05, 0.1) is 11.9 Å². The maximum atomic E-state index is 5.56. The second-order valence-electron chi connectivity index (χ2n) is 5.10. The van der Waals surface area contributed by atoms with E-state index in [9.17, 15) is 0 Å². The van der Waals surface area contributed by atoms with Gasteiger partial charge in [-0.25, -0.2) is 5.01 Å². The van der Waals surface area contributed by atoms with E-state index in [-0.39, 0.29) is 0 Å². The Bertz CT molecular complexity index is 802. The molecule has 4 heteroatoms. The molecule has 0 aliphatic rings.